The molecule has 0 unspecified atom stereocenters. The van der Waals surface area contributed by atoms with Crippen LogP contribution >= 0.6 is 0 Å². The summed E-state index contributed by atoms with van der Waals surface area (Å²) in [6, 6.07) is 27.1. The van der Waals surface area contributed by atoms with Gasteiger partial charge in [0, 0.05) is 41.4 Å². The highest BCUT2D eigenvalue weighted by molar-refractivity contribution is 5.75. The van der Waals surface area contributed by atoms with Gasteiger partial charge in [0.05, 0.1) is 5.69 Å². The normalized spacial score (nSPS) is 10.7. The number of pyridine rings is 2. The summed E-state index contributed by atoms with van der Waals surface area (Å²) in [6.07, 6.45) is 3.92. The minimum absolute atomic E-state index is 0.991. The average Bonchev–Trinajstić information content (AvgIpc) is 2.62. The number of benzene rings is 2. The van der Waals surface area contributed by atoms with Crippen LogP contribution in [0.4, 0.5) is 0 Å². The van der Waals surface area contributed by atoms with Crippen LogP contribution in [-0.2, 0) is 0 Å². The number of nitrogens with zero attached hydrogens (tertiary/aromatic N) is 2. The van der Waals surface area contributed by atoms with E-state index in [2.05, 4.69) is 76.4 Å². The van der Waals surface area contributed by atoms with E-state index >= 15 is 0 Å². The van der Waals surface area contributed by atoms with Crippen molar-refractivity contribution < 1.29 is 4.57 Å². The van der Waals surface area contributed by atoms with Crippen molar-refractivity contribution in [2.45, 2.75) is 0 Å². The van der Waals surface area contributed by atoms with Crippen molar-refractivity contribution in [3.8, 4) is 16.9 Å². The molecule has 0 amide bonds. The van der Waals surface area contributed by atoms with E-state index in [9.17, 15) is 0 Å². The van der Waals surface area contributed by atoms with Crippen LogP contribution in [0.5, 0.6) is 0 Å². The summed E-state index contributed by atoms with van der Waals surface area (Å²) >= 11 is 0. The average molecular weight is 283 g/mol. The van der Waals surface area contributed by atoms with Crippen molar-refractivity contribution in [3.05, 3.63) is 91.3 Å². The fourth-order valence-corrected chi connectivity index (χ4v) is 2.73. The lowest BCUT2D eigenvalue weighted by molar-refractivity contribution is -0.567. The summed E-state index contributed by atoms with van der Waals surface area (Å²) in [7, 11) is 0. The smallest absolute Gasteiger partial charge is 0.218 e. The molecule has 104 valence electrons. The first-order chi connectivity index (χ1) is 10.9. The van der Waals surface area contributed by atoms with E-state index in [-0.39, 0.29) is 0 Å². The summed E-state index contributed by atoms with van der Waals surface area (Å²) in [4.78, 5) is 4.44. The molecule has 2 nitrogen and oxygen atoms in total. The van der Waals surface area contributed by atoms with Gasteiger partial charge in [-0.3, -0.25) is 4.98 Å². The number of fused-ring (bicyclic) bond motifs is 1. The zero-order valence-corrected chi connectivity index (χ0v) is 12.1. The molecule has 0 aliphatic heterocycles. The second kappa shape index (κ2) is 5.41. The molecule has 0 saturated heterocycles. The van der Waals surface area contributed by atoms with Crippen LogP contribution in [0.25, 0.3) is 27.8 Å². The maximum atomic E-state index is 4.44. The van der Waals surface area contributed by atoms with E-state index in [1.807, 2.05) is 24.4 Å². The maximum Gasteiger partial charge on any atom is 0.218 e. The lowest BCUT2D eigenvalue weighted by Gasteiger charge is -2.03. The molecular weight excluding hydrogens is 268 g/mol. The van der Waals surface area contributed by atoms with Gasteiger partial charge in [0.25, 0.3) is 0 Å². The fourth-order valence-electron chi connectivity index (χ4n) is 2.73. The van der Waals surface area contributed by atoms with E-state index in [1.165, 1.54) is 10.9 Å². The number of para-hydroxylation sites is 1. The monoisotopic (exact) mass is 283 g/mol. The largest absolute Gasteiger partial charge is 0.256 e. The number of aromatic nitrogens is 2. The van der Waals surface area contributed by atoms with Crippen LogP contribution < -0.4 is 4.57 Å². The molecule has 0 atom stereocenters. The first-order valence-electron chi connectivity index (χ1n) is 7.33. The van der Waals surface area contributed by atoms with Crippen molar-refractivity contribution in [3.63, 3.8) is 0 Å². The number of rotatable bonds is 2. The minimum Gasteiger partial charge on any atom is -0.256 e. The van der Waals surface area contributed by atoms with Gasteiger partial charge in [-0.15, -0.1) is 0 Å². The van der Waals surface area contributed by atoms with E-state index < -0.39 is 0 Å². The summed E-state index contributed by atoms with van der Waals surface area (Å²) < 4.78 is 2.21. The molecule has 2 heteroatoms. The molecule has 0 aliphatic carbocycles. The van der Waals surface area contributed by atoms with Gasteiger partial charge in [-0.05, 0) is 24.3 Å². The van der Waals surface area contributed by atoms with Gasteiger partial charge < -0.3 is 0 Å². The number of hydrogen-bond acceptors (Lipinski definition) is 1. The SMILES string of the molecule is c1ccc(-c2cccc(-[n+]3cccc4ccccc43)c2)nc1. The minimum atomic E-state index is 0.991. The Morgan fingerprint density at radius 2 is 1.59 bits per heavy atom. The van der Waals surface area contributed by atoms with Crippen LogP contribution in [0.3, 0.4) is 0 Å². The molecule has 0 fully saturated rings. The van der Waals surface area contributed by atoms with E-state index in [1.54, 1.807) is 0 Å². The maximum absolute atomic E-state index is 4.44. The Morgan fingerprint density at radius 3 is 2.50 bits per heavy atom. The van der Waals surface area contributed by atoms with Crippen LogP contribution in [0.1, 0.15) is 0 Å². The molecule has 4 aromatic rings. The first-order valence-corrected chi connectivity index (χ1v) is 7.33. The Balaban J connectivity index is 1.89. The standard InChI is InChI=1S/C20H15N2/c1-2-12-20-16(7-1)9-6-14-22(20)18-10-5-8-17(15-18)19-11-3-4-13-21-19/h1-15H/q+1. The van der Waals surface area contributed by atoms with E-state index in [4.69, 9.17) is 0 Å². The van der Waals surface area contributed by atoms with Crippen LogP contribution in [0.2, 0.25) is 0 Å². The molecular formula is C20H15N2+. The quantitative estimate of drug-likeness (QED) is 0.504. The Kier molecular flexibility index (Phi) is 3.13. The van der Waals surface area contributed by atoms with Crippen molar-refractivity contribution in [2.24, 2.45) is 0 Å². The van der Waals surface area contributed by atoms with Crippen molar-refractivity contribution in [1.82, 2.24) is 4.98 Å². The lowest BCUT2D eigenvalue weighted by Crippen LogP contribution is -2.30. The van der Waals surface area contributed by atoms with Crippen molar-refractivity contribution >= 4 is 10.9 Å². The Labute approximate surface area is 129 Å². The van der Waals surface area contributed by atoms with Gasteiger partial charge in [-0.2, -0.15) is 4.57 Å². The molecule has 0 aliphatic rings. The van der Waals surface area contributed by atoms with Gasteiger partial charge in [0.15, 0.2) is 6.20 Å². The molecule has 0 saturated carbocycles. The third kappa shape index (κ3) is 2.25. The zero-order chi connectivity index (χ0) is 14.8. The van der Waals surface area contributed by atoms with Gasteiger partial charge in [0.1, 0.15) is 0 Å². The van der Waals surface area contributed by atoms with Crippen molar-refractivity contribution in [2.75, 3.05) is 0 Å². The molecule has 2 aromatic heterocycles. The van der Waals surface area contributed by atoms with Gasteiger partial charge >= 0.3 is 0 Å². The zero-order valence-electron chi connectivity index (χ0n) is 12.1. The highest BCUT2D eigenvalue weighted by Gasteiger charge is 2.12. The van der Waals surface area contributed by atoms with Crippen LogP contribution in [0, 0.1) is 0 Å². The second-order valence-electron chi connectivity index (χ2n) is 5.20. The molecule has 2 heterocycles. The molecule has 0 bridgehead atoms. The van der Waals surface area contributed by atoms with Gasteiger partial charge in [0.2, 0.25) is 11.2 Å². The van der Waals surface area contributed by atoms with Crippen molar-refractivity contribution in [1.29, 1.82) is 0 Å². The predicted octanol–water partition coefficient (Wildman–Crippen LogP) is 4.18. The van der Waals surface area contributed by atoms with E-state index in [0.717, 1.165) is 16.9 Å². The first kappa shape index (κ1) is 12.7. The van der Waals surface area contributed by atoms with E-state index in [0.29, 0.717) is 0 Å². The second-order valence-corrected chi connectivity index (χ2v) is 5.20. The van der Waals surface area contributed by atoms with Crippen LogP contribution in [-0.4, -0.2) is 4.98 Å². The number of hydrogen-bond donors (Lipinski definition) is 0. The summed E-state index contributed by atoms with van der Waals surface area (Å²) in [6.45, 7) is 0. The summed E-state index contributed by atoms with van der Waals surface area (Å²) in [5, 5.41) is 1.23. The molecule has 4 rings (SSSR count). The van der Waals surface area contributed by atoms with Gasteiger partial charge in [-0.1, -0.05) is 30.3 Å². The lowest BCUT2D eigenvalue weighted by atomic mass is 10.1. The fraction of sp³-hybridized carbons (Fsp3) is 0. The molecule has 22 heavy (non-hydrogen) atoms. The van der Waals surface area contributed by atoms with Gasteiger partial charge in [-0.25, -0.2) is 0 Å². The third-order valence-corrected chi connectivity index (χ3v) is 3.79. The highest BCUT2D eigenvalue weighted by Crippen LogP contribution is 2.19. The molecule has 2 aromatic carbocycles. The third-order valence-electron chi connectivity index (χ3n) is 3.79. The molecule has 0 spiro atoms. The topological polar surface area (TPSA) is 16.8 Å². The Morgan fingerprint density at radius 1 is 0.727 bits per heavy atom. The Hall–Kier alpha value is -3.00. The Bertz CT molecular complexity index is 925. The summed E-state index contributed by atoms with van der Waals surface area (Å²) in [5.74, 6) is 0. The summed E-state index contributed by atoms with van der Waals surface area (Å²) in [5.41, 5.74) is 4.45. The molecule has 0 radical (unpaired) electrons. The predicted molar refractivity (Wildman–Crippen MR) is 88.7 cm³/mol. The molecule has 0 N–H and O–H groups in total. The van der Waals surface area contributed by atoms with Crippen LogP contribution in [0.15, 0.2) is 91.3 Å². The highest BCUT2D eigenvalue weighted by atomic mass is 15.0.